The van der Waals surface area contributed by atoms with E-state index in [1.165, 1.54) is 11.3 Å². The number of rotatable bonds is 4. The lowest BCUT2D eigenvalue weighted by Crippen LogP contribution is -2.35. The van der Waals surface area contributed by atoms with Gasteiger partial charge in [-0.3, -0.25) is 0 Å². The first kappa shape index (κ1) is 14.0. The average molecular weight is 283 g/mol. The minimum absolute atomic E-state index is 0.528. The Morgan fingerprint density at radius 1 is 1.19 bits per heavy atom. The molecule has 0 aliphatic carbocycles. The van der Waals surface area contributed by atoms with Crippen molar-refractivity contribution in [3.05, 3.63) is 53.6 Å². The molecular weight excluding hydrogens is 265 g/mol. The third-order valence-corrected chi connectivity index (χ3v) is 3.97. The molecule has 0 atom stereocenters. The molecule has 1 aliphatic rings. The van der Waals surface area contributed by atoms with E-state index in [1.54, 1.807) is 19.2 Å². The molecule has 4 nitrogen and oxygen atoms in total. The summed E-state index contributed by atoms with van der Waals surface area (Å²) in [6.45, 7) is 1.58. The third kappa shape index (κ3) is 2.75. The Hall–Kier alpha value is -1.98. The second-order valence-electron chi connectivity index (χ2n) is 5.24. The highest BCUT2D eigenvalue weighted by Crippen LogP contribution is 2.29. The Balaban J connectivity index is 1.91. The first-order valence-electron chi connectivity index (χ1n) is 7.05. The molecule has 0 saturated heterocycles. The van der Waals surface area contributed by atoms with Crippen molar-refractivity contribution in [2.45, 2.75) is 13.0 Å². The molecule has 2 aromatic carbocycles. The number of anilines is 1. The van der Waals surface area contributed by atoms with Gasteiger partial charge in [-0.2, -0.15) is 0 Å². The monoisotopic (exact) mass is 283 g/mol. The van der Waals surface area contributed by atoms with Crippen LogP contribution in [0, 0.1) is 0 Å². The van der Waals surface area contributed by atoms with E-state index in [0.29, 0.717) is 12.0 Å². The van der Waals surface area contributed by atoms with Gasteiger partial charge in [0.2, 0.25) is 0 Å². The summed E-state index contributed by atoms with van der Waals surface area (Å²) in [6, 6.07) is 13.7. The summed E-state index contributed by atoms with van der Waals surface area (Å²) in [4.78, 5) is 2.26. The summed E-state index contributed by atoms with van der Waals surface area (Å²) in [5, 5.41) is 19.1. The van der Waals surface area contributed by atoms with Gasteiger partial charge >= 0.3 is 7.12 Å². The highest BCUT2D eigenvalue weighted by molar-refractivity contribution is 6.59. The van der Waals surface area contributed by atoms with Gasteiger partial charge in [-0.1, -0.05) is 24.3 Å². The smallest absolute Gasteiger partial charge is 0.488 e. The van der Waals surface area contributed by atoms with Gasteiger partial charge in [0.05, 0.1) is 7.11 Å². The maximum absolute atomic E-state index is 9.53. The van der Waals surface area contributed by atoms with E-state index >= 15 is 0 Å². The van der Waals surface area contributed by atoms with Crippen LogP contribution in [0.3, 0.4) is 0 Å². The van der Waals surface area contributed by atoms with E-state index in [9.17, 15) is 10.0 Å². The van der Waals surface area contributed by atoms with Gasteiger partial charge < -0.3 is 19.7 Å². The maximum Gasteiger partial charge on any atom is 0.488 e. The SMILES string of the molecule is COc1ccc(B(O)O)c(CN2CCc3ccccc32)c1. The van der Waals surface area contributed by atoms with Crippen LogP contribution in [0.15, 0.2) is 42.5 Å². The van der Waals surface area contributed by atoms with Crippen molar-refractivity contribution in [2.75, 3.05) is 18.6 Å². The molecule has 1 heterocycles. The lowest BCUT2D eigenvalue weighted by molar-refractivity contribution is 0.413. The van der Waals surface area contributed by atoms with Crippen molar-refractivity contribution in [3.8, 4) is 5.75 Å². The van der Waals surface area contributed by atoms with Crippen molar-refractivity contribution in [2.24, 2.45) is 0 Å². The molecule has 1 aliphatic heterocycles. The van der Waals surface area contributed by atoms with Crippen LogP contribution in [-0.2, 0) is 13.0 Å². The molecule has 0 fully saturated rings. The van der Waals surface area contributed by atoms with Crippen molar-refractivity contribution in [1.82, 2.24) is 0 Å². The quantitative estimate of drug-likeness (QED) is 0.820. The minimum Gasteiger partial charge on any atom is -0.497 e. The van der Waals surface area contributed by atoms with Gasteiger partial charge in [-0.15, -0.1) is 0 Å². The topological polar surface area (TPSA) is 52.9 Å². The van der Waals surface area contributed by atoms with E-state index in [4.69, 9.17) is 4.74 Å². The van der Waals surface area contributed by atoms with Crippen LogP contribution in [0.5, 0.6) is 5.75 Å². The normalized spacial score (nSPS) is 13.2. The first-order chi connectivity index (χ1) is 10.2. The highest BCUT2D eigenvalue weighted by atomic mass is 16.5. The fourth-order valence-electron chi connectivity index (χ4n) is 2.87. The van der Waals surface area contributed by atoms with Crippen LogP contribution in [0.1, 0.15) is 11.1 Å². The van der Waals surface area contributed by atoms with Crippen molar-refractivity contribution >= 4 is 18.3 Å². The van der Waals surface area contributed by atoms with E-state index in [2.05, 4.69) is 23.1 Å². The second kappa shape index (κ2) is 5.80. The zero-order valence-electron chi connectivity index (χ0n) is 12.0. The lowest BCUT2D eigenvalue weighted by Gasteiger charge is -2.21. The molecule has 2 N–H and O–H groups in total. The van der Waals surface area contributed by atoms with Gasteiger partial charge in [0.1, 0.15) is 5.75 Å². The van der Waals surface area contributed by atoms with Crippen LogP contribution in [0.25, 0.3) is 0 Å². The number of methoxy groups -OCH3 is 1. The summed E-state index contributed by atoms with van der Waals surface area (Å²) in [7, 11) is 0.142. The summed E-state index contributed by atoms with van der Waals surface area (Å²) < 4.78 is 5.24. The van der Waals surface area contributed by atoms with Gasteiger partial charge in [0.25, 0.3) is 0 Å². The molecular formula is C16H18BNO3. The van der Waals surface area contributed by atoms with Crippen molar-refractivity contribution in [1.29, 1.82) is 0 Å². The molecule has 0 unspecified atom stereocenters. The molecule has 5 heteroatoms. The molecule has 0 radical (unpaired) electrons. The molecule has 21 heavy (non-hydrogen) atoms. The number of hydrogen-bond acceptors (Lipinski definition) is 4. The third-order valence-electron chi connectivity index (χ3n) is 3.97. The number of benzene rings is 2. The Bertz CT molecular complexity index is 645. The van der Waals surface area contributed by atoms with Crippen LogP contribution in [-0.4, -0.2) is 30.8 Å². The van der Waals surface area contributed by atoms with Gasteiger partial charge in [0.15, 0.2) is 0 Å². The molecule has 0 aromatic heterocycles. The van der Waals surface area contributed by atoms with E-state index in [0.717, 1.165) is 24.3 Å². The molecule has 3 rings (SSSR count). The standard InChI is InChI=1S/C16H18BNO3/c1-21-14-6-7-15(17(19)20)13(10-14)11-18-9-8-12-4-2-3-5-16(12)18/h2-7,10,19-20H,8-9,11H2,1H3. The average Bonchev–Trinajstić information content (AvgIpc) is 2.90. The second-order valence-corrected chi connectivity index (χ2v) is 5.24. The van der Waals surface area contributed by atoms with Crippen LogP contribution < -0.4 is 15.1 Å². The lowest BCUT2D eigenvalue weighted by atomic mass is 9.77. The van der Waals surface area contributed by atoms with Crippen LogP contribution in [0.4, 0.5) is 5.69 Å². The van der Waals surface area contributed by atoms with E-state index in [1.807, 2.05) is 12.1 Å². The Morgan fingerprint density at radius 2 is 2.00 bits per heavy atom. The molecule has 0 spiro atoms. The van der Waals surface area contributed by atoms with Crippen LogP contribution >= 0.6 is 0 Å². The maximum atomic E-state index is 9.53. The van der Waals surface area contributed by atoms with Gasteiger partial charge in [-0.05, 0) is 41.2 Å². The van der Waals surface area contributed by atoms with Crippen molar-refractivity contribution in [3.63, 3.8) is 0 Å². The predicted molar refractivity (Wildman–Crippen MR) is 84.0 cm³/mol. The molecule has 0 bridgehead atoms. The highest BCUT2D eigenvalue weighted by Gasteiger charge is 2.22. The molecule has 0 amide bonds. The van der Waals surface area contributed by atoms with Gasteiger partial charge in [-0.25, -0.2) is 0 Å². The molecule has 0 saturated carbocycles. The number of nitrogens with zero attached hydrogens (tertiary/aromatic N) is 1. The number of hydrogen-bond donors (Lipinski definition) is 2. The summed E-state index contributed by atoms with van der Waals surface area (Å²) in [5.41, 5.74) is 3.96. The van der Waals surface area contributed by atoms with Gasteiger partial charge in [0, 0.05) is 18.8 Å². The molecule has 2 aromatic rings. The number of ether oxygens (including phenoxy) is 1. The Kier molecular flexibility index (Phi) is 3.86. The molecule has 108 valence electrons. The summed E-state index contributed by atoms with van der Waals surface area (Å²) >= 11 is 0. The fourth-order valence-corrected chi connectivity index (χ4v) is 2.87. The predicted octanol–water partition coefficient (Wildman–Crippen LogP) is 0.938. The van der Waals surface area contributed by atoms with E-state index < -0.39 is 7.12 Å². The van der Waals surface area contributed by atoms with E-state index in [-0.39, 0.29) is 0 Å². The zero-order chi connectivity index (χ0) is 14.8. The fraction of sp³-hybridized carbons (Fsp3) is 0.250. The largest absolute Gasteiger partial charge is 0.497 e. The van der Waals surface area contributed by atoms with Crippen molar-refractivity contribution < 1.29 is 14.8 Å². The Labute approximate surface area is 124 Å². The number of fused-ring (bicyclic) bond motifs is 1. The zero-order valence-corrected chi connectivity index (χ0v) is 12.0. The summed E-state index contributed by atoms with van der Waals surface area (Å²) in [5.74, 6) is 0.724. The summed E-state index contributed by atoms with van der Waals surface area (Å²) in [6.07, 6.45) is 1.02. The minimum atomic E-state index is -1.47. The Morgan fingerprint density at radius 3 is 2.76 bits per heavy atom. The first-order valence-corrected chi connectivity index (χ1v) is 7.05. The number of para-hydroxylation sites is 1. The van der Waals surface area contributed by atoms with Crippen LogP contribution in [0.2, 0.25) is 0 Å².